The molecule has 4 nitrogen and oxygen atoms in total. The van der Waals surface area contributed by atoms with Gasteiger partial charge < -0.3 is 5.32 Å². The van der Waals surface area contributed by atoms with E-state index in [-0.39, 0.29) is 5.82 Å². The van der Waals surface area contributed by atoms with E-state index in [4.69, 9.17) is 0 Å². The first-order valence-corrected chi connectivity index (χ1v) is 5.96. The Morgan fingerprint density at radius 3 is 3.06 bits per heavy atom. The van der Waals surface area contributed by atoms with Crippen molar-refractivity contribution in [3.8, 4) is 0 Å². The molecule has 0 atom stereocenters. The molecule has 1 aromatic carbocycles. The summed E-state index contributed by atoms with van der Waals surface area (Å²) >= 11 is 3.38. The van der Waals surface area contributed by atoms with Crippen LogP contribution in [-0.2, 0) is 13.1 Å². The number of aromatic nitrogens is 3. The van der Waals surface area contributed by atoms with Gasteiger partial charge in [0.25, 0.3) is 0 Å². The van der Waals surface area contributed by atoms with Crippen molar-refractivity contribution in [2.24, 2.45) is 0 Å². The Hall–Kier alpha value is -1.27. The second-order valence-corrected chi connectivity index (χ2v) is 4.53. The molecule has 0 saturated carbocycles. The van der Waals surface area contributed by atoms with E-state index in [1.165, 1.54) is 12.1 Å². The summed E-state index contributed by atoms with van der Waals surface area (Å²) in [5, 5.41) is 11.0. The molecule has 0 amide bonds. The summed E-state index contributed by atoms with van der Waals surface area (Å²) in [7, 11) is 1.85. The summed E-state index contributed by atoms with van der Waals surface area (Å²) < 4.78 is 15.7. The fourth-order valence-electron chi connectivity index (χ4n) is 1.52. The molecule has 0 fully saturated rings. The van der Waals surface area contributed by atoms with Crippen molar-refractivity contribution in [1.29, 1.82) is 0 Å². The minimum absolute atomic E-state index is 0.251. The lowest BCUT2D eigenvalue weighted by atomic mass is 10.2. The second-order valence-electron chi connectivity index (χ2n) is 3.67. The van der Waals surface area contributed by atoms with E-state index in [0.717, 1.165) is 15.7 Å². The lowest BCUT2D eigenvalue weighted by molar-refractivity contribution is 0.613. The van der Waals surface area contributed by atoms with Gasteiger partial charge in [-0.3, -0.25) is 0 Å². The molecule has 90 valence electrons. The van der Waals surface area contributed by atoms with Crippen LogP contribution in [0, 0.1) is 5.82 Å². The van der Waals surface area contributed by atoms with Crippen LogP contribution in [0.2, 0.25) is 0 Å². The Labute approximate surface area is 107 Å². The van der Waals surface area contributed by atoms with Crippen LogP contribution in [0.1, 0.15) is 11.3 Å². The van der Waals surface area contributed by atoms with E-state index < -0.39 is 0 Å². The fourth-order valence-corrected chi connectivity index (χ4v) is 1.89. The molecule has 2 aromatic rings. The first-order chi connectivity index (χ1) is 8.19. The van der Waals surface area contributed by atoms with Gasteiger partial charge in [0.2, 0.25) is 0 Å². The Bertz CT molecular complexity index is 512. The molecule has 0 aliphatic heterocycles. The Kier molecular flexibility index (Phi) is 3.86. The smallest absolute Gasteiger partial charge is 0.123 e. The lowest BCUT2D eigenvalue weighted by Gasteiger charge is -2.03. The van der Waals surface area contributed by atoms with Crippen LogP contribution in [0.3, 0.4) is 0 Å². The lowest BCUT2D eigenvalue weighted by Crippen LogP contribution is -2.05. The molecule has 0 radical (unpaired) electrons. The van der Waals surface area contributed by atoms with Crippen LogP contribution in [0.25, 0.3) is 0 Å². The maximum Gasteiger partial charge on any atom is 0.123 e. The number of nitrogens with zero attached hydrogens (tertiary/aromatic N) is 3. The van der Waals surface area contributed by atoms with Gasteiger partial charge in [0.05, 0.1) is 18.4 Å². The Balaban J connectivity index is 2.16. The minimum Gasteiger partial charge on any atom is -0.314 e. The van der Waals surface area contributed by atoms with Gasteiger partial charge in [0.15, 0.2) is 0 Å². The van der Waals surface area contributed by atoms with E-state index >= 15 is 0 Å². The van der Waals surface area contributed by atoms with Crippen molar-refractivity contribution in [2.45, 2.75) is 13.1 Å². The number of halogens is 2. The van der Waals surface area contributed by atoms with Crippen molar-refractivity contribution >= 4 is 15.9 Å². The average molecular weight is 299 g/mol. The molecule has 0 saturated heterocycles. The molecule has 0 unspecified atom stereocenters. The van der Waals surface area contributed by atoms with Crippen molar-refractivity contribution in [1.82, 2.24) is 20.3 Å². The zero-order valence-electron chi connectivity index (χ0n) is 9.32. The molecule has 0 aliphatic rings. The highest BCUT2D eigenvalue weighted by atomic mass is 79.9. The molecule has 0 bridgehead atoms. The standard InChI is InChI=1S/C11H12BrFN4/c1-14-5-10-7-17(16-15-10)6-8-4-9(13)2-3-11(8)12/h2-4,7,14H,5-6H2,1H3. The number of benzene rings is 1. The number of rotatable bonds is 4. The third-order valence-electron chi connectivity index (χ3n) is 2.28. The molecule has 0 aliphatic carbocycles. The van der Waals surface area contributed by atoms with E-state index in [0.29, 0.717) is 13.1 Å². The molecule has 17 heavy (non-hydrogen) atoms. The first kappa shape index (κ1) is 12.2. The van der Waals surface area contributed by atoms with Gasteiger partial charge in [-0.25, -0.2) is 9.07 Å². The summed E-state index contributed by atoms with van der Waals surface area (Å²) in [5.74, 6) is -0.251. The molecule has 1 N–H and O–H groups in total. The van der Waals surface area contributed by atoms with Crippen LogP contribution in [0.15, 0.2) is 28.9 Å². The predicted octanol–water partition coefficient (Wildman–Crippen LogP) is 1.95. The fraction of sp³-hybridized carbons (Fsp3) is 0.273. The van der Waals surface area contributed by atoms with Gasteiger partial charge in [0.1, 0.15) is 5.82 Å². The minimum atomic E-state index is -0.251. The quantitative estimate of drug-likeness (QED) is 0.938. The SMILES string of the molecule is CNCc1cn(Cc2cc(F)ccc2Br)nn1. The van der Waals surface area contributed by atoms with E-state index in [1.807, 2.05) is 13.2 Å². The summed E-state index contributed by atoms with van der Waals surface area (Å²) in [4.78, 5) is 0. The zero-order chi connectivity index (χ0) is 12.3. The maximum atomic E-state index is 13.1. The monoisotopic (exact) mass is 298 g/mol. The van der Waals surface area contributed by atoms with Crippen molar-refractivity contribution in [3.63, 3.8) is 0 Å². The molecular formula is C11H12BrFN4. The van der Waals surface area contributed by atoms with Gasteiger partial charge in [0, 0.05) is 11.0 Å². The van der Waals surface area contributed by atoms with Crippen LogP contribution in [0.5, 0.6) is 0 Å². The first-order valence-electron chi connectivity index (χ1n) is 5.16. The van der Waals surface area contributed by atoms with Gasteiger partial charge in [-0.05, 0) is 30.8 Å². The highest BCUT2D eigenvalue weighted by Gasteiger charge is 2.05. The van der Waals surface area contributed by atoms with Gasteiger partial charge >= 0.3 is 0 Å². The van der Waals surface area contributed by atoms with Crippen LogP contribution in [-0.4, -0.2) is 22.0 Å². The largest absolute Gasteiger partial charge is 0.314 e. The van der Waals surface area contributed by atoms with Crippen molar-refractivity contribution in [3.05, 3.63) is 45.9 Å². The molecule has 2 rings (SSSR count). The Morgan fingerprint density at radius 1 is 1.47 bits per heavy atom. The van der Waals surface area contributed by atoms with E-state index in [2.05, 4.69) is 31.6 Å². The summed E-state index contributed by atoms with van der Waals surface area (Å²) in [6.07, 6.45) is 1.84. The van der Waals surface area contributed by atoms with Crippen LogP contribution >= 0.6 is 15.9 Å². The molecular weight excluding hydrogens is 287 g/mol. The molecule has 6 heteroatoms. The molecule has 1 aromatic heterocycles. The van der Waals surface area contributed by atoms with E-state index in [1.54, 1.807) is 10.7 Å². The predicted molar refractivity (Wildman–Crippen MR) is 66.0 cm³/mol. The topological polar surface area (TPSA) is 42.7 Å². The summed E-state index contributed by atoms with van der Waals surface area (Å²) in [6, 6.07) is 4.60. The maximum absolute atomic E-state index is 13.1. The van der Waals surface area contributed by atoms with Gasteiger partial charge in [-0.15, -0.1) is 5.10 Å². The highest BCUT2D eigenvalue weighted by molar-refractivity contribution is 9.10. The third-order valence-corrected chi connectivity index (χ3v) is 3.06. The second kappa shape index (κ2) is 5.37. The number of hydrogen-bond acceptors (Lipinski definition) is 3. The normalized spacial score (nSPS) is 10.8. The third kappa shape index (κ3) is 3.10. The number of nitrogens with one attached hydrogen (secondary N) is 1. The van der Waals surface area contributed by atoms with Crippen molar-refractivity contribution < 1.29 is 4.39 Å². The molecule has 0 spiro atoms. The number of hydrogen-bond donors (Lipinski definition) is 1. The Morgan fingerprint density at radius 2 is 2.29 bits per heavy atom. The van der Waals surface area contributed by atoms with E-state index in [9.17, 15) is 4.39 Å². The zero-order valence-corrected chi connectivity index (χ0v) is 10.9. The van der Waals surface area contributed by atoms with Crippen molar-refractivity contribution in [2.75, 3.05) is 7.05 Å². The average Bonchev–Trinajstić information content (AvgIpc) is 2.72. The highest BCUT2D eigenvalue weighted by Crippen LogP contribution is 2.18. The van der Waals surface area contributed by atoms with Gasteiger partial charge in [-0.2, -0.15) is 0 Å². The van der Waals surface area contributed by atoms with Crippen LogP contribution in [0.4, 0.5) is 4.39 Å². The van der Waals surface area contributed by atoms with Crippen LogP contribution < -0.4 is 5.32 Å². The summed E-state index contributed by atoms with van der Waals surface area (Å²) in [5.41, 5.74) is 1.70. The molecule has 1 heterocycles. The van der Waals surface area contributed by atoms with Gasteiger partial charge in [-0.1, -0.05) is 21.1 Å². The summed E-state index contributed by atoms with van der Waals surface area (Å²) in [6.45, 7) is 1.17.